The van der Waals surface area contributed by atoms with Gasteiger partial charge in [0.15, 0.2) is 0 Å². The van der Waals surface area contributed by atoms with Gasteiger partial charge in [-0.3, -0.25) is 9.52 Å². The van der Waals surface area contributed by atoms with Crippen LogP contribution in [0.5, 0.6) is 0 Å². The third-order valence-corrected chi connectivity index (χ3v) is 6.41. The maximum atomic E-state index is 13.3. The number of rotatable bonds is 8. The van der Waals surface area contributed by atoms with E-state index in [4.69, 9.17) is 5.26 Å². The number of anilines is 1. The molecule has 0 aliphatic heterocycles. The maximum absolute atomic E-state index is 13.3. The standard InChI is InChI=1S/C25H20F3N3O3S/c1-17(19-5-3-2-4-6-19)13-14-30-24(32)22-12-9-20(25(26,27)28)15-23(22)31-35(33,34)21-10-7-18(16-29)8-11-21/h2-12,15,31H,1,13-14H2,(H,30,32). The Balaban J connectivity index is 1.83. The van der Waals surface area contributed by atoms with Gasteiger partial charge in [0.25, 0.3) is 15.9 Å². The molecule has 1 amide bonds. The van der Waals surface area contributed by atoms with Crippen molar-refractivity contribution in [2.45, 2.75) is 17.5 Å². The van der Waals surface area contributed by atoms with Gasteiger partial charge in [-0.05, 0) is 60.0 Å². The molecule has 0 radical (unpaired) electrons. The molecule has 0 spiro atoms. The van der Waals surface area contributed by atoms with Crippen molar-refractivity contribution in [2.24, 2.45) is 0 Å². The largest absolute Gasteiger partial charge is 0.416 e. The van der Waals surface area contributed by atoms with Crippen LogP contribution in [-0.4, -0.2) is 20.9 Å². The number of sulfonamides is 1. The minimum Gasteiger partial charge on any atom is -0.352 e. The van der Waals surface area contributed by atoms with E-state index in [0.29, 0.717) is 18.6 Å². The van der Waals surface area contributed by atoms with Crippen LogP contribution in [0, 0.1) is 11.3 Å². The summed E-state index contributed by atoms with van der Waals surface area (Å²) in [7, 11) is -4.35. The zero-order valence-corrected chi connectivity index (χ0v) is 19.1. The van der Waals surface area contributed by atoms with Gasteiger partial charge >= 0.3 is 6.18 Å². The fourth-order valence-electron chi connectivity index (χ4n) is 3.16. The number of hydrogen-bond donors (Lipinski definition) is 2. The summed E-state index contributed by atoms with van der Waals surface area (Å²) >= 11 is 0. The molecule has 3 rings (SSSR count). The van der Waals surface area contributed by atoms with Crippen LogP contribution in [0.3, 0.4) is 0 Å². The number of halogens is 3. The minimum atomic E-state index is -4.75. The summed E-state index contributed by atoms with van der Waals surface area (Å²) in [4.78, 5) is 12.5. The fraction of sp³-hybridized carbons (Fsp3) is 0.120. The Morgan fingerprint density at radius 3 is 2.26 bits per heavy atom. The number of amides is 1. The van der Waals surface area contributed by atoms with E-state index < -0.39 is 33.4 Å². The molecule has 2 N–H and O–H groups in total. The molecule has 0 atom stereocenters. The van der Waals surface area contributed by atoms with Gasteiger partial charge in [-0.2, -0.15) is 18.4 Å². The maximum Gasteiger partial charge on any atom is 0.416 e. The third-order valence-electron chi connectivity index (χ3n) is 5.02. The number of hydrogen-bond acceptors (Lipinski definition) is 4. The first-order chi connectivity index (χ1) is 16.5. The van der Waals surface area contributed by atoms with Crippen molar-refractivity contribution in [3.8, 4) is 6.07 Å². The Kier molecular flexibility index (Phi) is 7.62. The molecule has 10 heteroatoms. The zero-order chi connectivity index (χ0) is 25.6. The first kappa shape index (κ1) is 25.5. The summed E-state index contributed by atoms with van der Waals surface area (Å²) in [5, 5.41) is 11.5. The van der Waals surface area contributed by atoms with Crippen molar-refractivity contribution < 1.29 is 26.4 Å². The molecule has 0 fully saturated rings. The van der Waals surface area contributed by atoms with Crippen molar-refractivity contribution in [1.29, 1.82) is 5.26 Å². The summed E-state index contributed by atoms with van der Waals surface area (Å²) < 4.78 is 67.5. The van der Waals surface area contributed by atoms with Crippen LogP contribution in [0.1, 0.15) is 33.5 Å². The van der Waals surface area contributed by atoms with Crippen molar-refractivity contribution in [1.82, 2.24) is 5.32 Å². The number of alkyl halides is 3. The van der Waals surface area contributed by atoms with E-state index in [1.807, 2.05) is 36.4 Å². The minimum absolute atomic E-state index is 0.134. The average Bonchev–Trinajstić information content (AvgIpc) is 2.83. The Hall–Kier alpha value is -4.10. The van der Waals surface area contributed by atoms with Gasteiger partial charge in [0, 0.05) is 6.54 Å². The highest BCUT2D eigenvalue weighted by molar-refractivity contribution is 7.92. The normalized spacial score (nSPS) is 11.4. The van der Waals surface area contributed by atoms with Crippen LogP contribution in [0.2, 0.25) is 0 Å². The fourth-order valence-corrected chi connectivity index (χ4v) is 4.23. The lowest BCUT2D eigenvalue weighted by atomic mass is 10.0. The summed E-state index contributed by atoms with van der Waals surface area (Å²) in [5.41, 5.74) is -0.0828. The number of nitriles is 1. The third kappa shape index (κ3) is 6.49. The van der Waals surface area contributed by atoms with E-state index in [-0.39, 0.29) is 22.6 Å². The summed E-state index contributed by atoms with van der Waals surface area (Å²) in [6, 6.07) is 18.1. The van der Waals surface area contributed by atoms with Gasteiger partial charge in [0.05, 0.1) is 33.3 Å². The lowest BCUT2D eigenvalue weighted by Gasteiger charge is -2.16. The van der Waals surface area contributed by atoms with E-state index in [1.165, 1.54) is 12.1 Å². The molecule has 0 aromatic heterocycles. The zero-order valence-electron chi connectivity index (χ0n) is 18.3. The molecular weight excluding hydrogens is 479 g/mol. The van der Waals surface area contributed by atoms with Crippen LogP contribution < -0.4 is 10.0 Å². The molecule has 3 aromatic carbocycles. The lowest BCUT2D eigenvalue weighted by Crippen LogP contribution is -2.26. The molecule has 3 aromatic rings. The molecule has 0 unspecified atom stereocenters. The highest BCUT2D eigenvalue weighted by atomic mass is 32.2. The second-order valence-corrected chi connectivity index (χ2v) is 9.16. The first-order valence-corrected chi connectivity index (χ1v) is 11.8. The molecule has 0 aliphatic carbocycles. The molecule has 0 heterocycles. The Labute approximate surface area is 200 Å². The monoisotopic (exact) mass is 499 g/mol. The van der Waals surface area contributed by atoms with Crippen LogP contribution in [0.15, 0.2) is 84.3 Å². The molecule has 6 nitrogen and oxygen atoms in total. The number of benzene rings is 3. The van der Waals surface area contributed by atoms with Gasteiger partial charge < -0.3 is 5.32 Å². The van der Waals surface area contributed by atoms with E-state index in [9.17, 15) is 26.4 Å². The SMILES string of the molecule is C=C(CCNC(=O)c1ccc(C(F)(F)F)cc1NS(=O)(=O)c1ccc(C#N)cc1)c1ccccc1. The number of nitrogens with zero attached hydrogens (tertiary/aromatic N) is 1. The van der Waals surface area contributed by atoms with Crippen molar-refractivity contribution >= 4 is 27.2 Å². The van der Waals surface area contributed by atoms with Crippen LogP contribution in [0.4, 0.5) is 18.9 Å². The first-order valence-electron chi connectivity index (χ1n) is 10.3. The van der Waals surface area contributed by atoms with Gasteiger partial charge in [0.2, 0.25) is 0 Å². The van der Waals surface area contributed by atoms with Crippen LogP contribution in [-0.2, 0) is 16.2 Å². The van der Waals surface area contributed by atoms with Gasteiger partial charge in [-0.25, -0.2) is 8.42 Å². The second kappa shape index (κ2) is 10.4. The van der Waals surface area contributed by atoms with Crippen molar-refractivity contribution in [3.63, 3.8) is 0 Å². The Morgan fingerprint density at radius 1 is 1.00 bits per heavy atom. The Bertz CT molecular complexity index is 1380. The van der Waals surface area contributed by atoms with E-state index in [2.05, 4.69) is 16.6 Å². The Morgan fingerprint density at radius 2 is 1.66 bits per heavy atom. The molecular formula is C25H20F3N3O3S. The van der Waals surface area contributed by atoms with Crippen molar-refractivity contribution in [2.75, 3.05) is 11.3 Å². The number of carbonyl (C=O) groups excluding carboxylic acids is 1. The molecule has 35 heavy (non-hydrogen) atoms. The highest BCUT2D eigenvalue weighted by Crippen LogP contribution is 2.33. The smallest absolute Gasteiger partial charge is 0.352 e. The van der Waals surface area contributed by atoms with Gasteiger partial charge in [-0.1, -0.05) is 36.9 Å². The average molecular weight is 500 g/mol. The summed E-state index contributed by atoms with van der Waals surface area (Å²) in [6.07, 6.45) is -4.38. The predicted octanol–water partition coefficient (Wildman–Crippen LogP) is 5.21. The predicted molar refractivity (Wildman–Crippen MR) is 126 cm³/mol. The van der Waals surface area contributed by atoms with E-state index in [1.54, 1.807) is 0 Å². The molecule has 0 saturated carbocycles. The molecule has 0 aliphatic rings. The number of nitrogens with one attached hydrogen (secondary N) is 2. The van der Waals surface area contributed by atoms with Crippen LogP contribution in [0.25, 0.3) is 5.57 Å². The van der Waals surface area contributed by atoms with Gasteiger partial charge in [-0.15, -0.1) is 0 Å². The highest BCUT2D eigenvalue weighted by Gasteiger charge is 2.32. The number of carbonyl (C=O) groups is 1. The summed E-state index contributed by atoms with van der Waals surface area (Å²) in [5.74, 6) is -0.753. The molecule has 0 bridgehead atoms. The van der Waals surface area contributed by atoms with Gasteiger partial charge in [0.1, 0.15) is 0 Å². The lowest BCUT2D eigenvalue weighted by molar-refractivity contribution is -0.137. The van der Waals surface area contributed by atoms with Crippen LogP contribution >= 0.6 is 0 Å². The summed E-state index contributed by atoms with van der Waals surface area (Å²) in [6.45, 7) is 4.09. The molecule has 180 valence electrons. The van der Waals surface area contributed by atoms with E-state index >= 15 is 0 Å². The topological polar surface area (TPSA) is 99.1 Å². The second-order valence-electron chi connectivity index (χ2n) is 7.48. The molecule has 0 saturated heterocycles. The quantitative estimate of drug-likeness (QED) is 0.444. The van der Waals surface area contributed by atoms with Crippen molar-refractivity contribution in [3.05, 3.63) is 102 Å². The van der Waals surface area contributed by atoms with E-state index in [0.717, 1.165) is 29.3 Å².